The van der Waals surface area contributed by atoms with Crippen molar-refractivity contribution in [3.63, 3.8) is 0 Å². The Morgan fingerprint density at radius 3 is 2.48 bits per heavy atom. The SMILES string of the molecule is CC(=O)NC1CCC(NC[C@H]2CCCCN2Cc2ccccc2)CC1. The fourth-order valence-corrected chi connectivity index (χ4v) is 4.35. The van der Waals surface area contributed by atoms with Crippen LogP contribution in [0.25, 0.3) is 0 Å². The summed E-state index contributed by atoms with van der Waals surface area (Å²) >= 11 is 0. The predicted molar refractivity (Wildman–Crippen MR) is 102 cm³/mol. The molecule has 0 spiro atoms. The predicted octanol–water partition coefficient (Wildman–Crippen LogP) is 3.08. The molecule has 1 saturated heterocycles. The molecule has 1 aromatic carbocycles. The van der Waals surface area contributed by atoms with E-state index in [0.717, 1.165) is 25.9 Å². The average Bonchev–Trinajstić information content (AvgIpc) is 2.63. The second-order valence-corrected chi connectivity index (χ2v) is 7.76. The van der Waals surface area contributed by atoms with Gasteiger partial charge in [0, 0.05) is 38.1 Å². The monoisotopic (exact) mass is 343 g/mol. The van der Waals surface area contributed by atoms with Crippen molar-refractivity contribution >= 4 is 5.91 Å². The first-order chi connectivity index (χ1) is 12.2. The third kappa shape index (κ3) is 5.82. The van der Waals surface area contributed by atoms with Crippen LogP contribution >= 0.6 is 0 Å². The molecule has 2 aliphatic rings. The van der Waals surface area contributed by atoms with Crippen LogP contribution in [0.2, 0.25) is 0 Å². The van der Waals surface area contributed by atoms with Crippen LogP contribution in [0.4, 0.5) is 0 Å². The Bertz CT molecular complexity index is 525. The summed E-state index contributed by atoms with van der Waals surface area (Å²) in [5.74, 6) is 0.107. The van der Waals surface area contributed by atoms with Gasteiger partial charge in [0.15, 0.2) is 0 Å². The lowest BCUT2D eigenvalue weighted by molar-refractivity contribution is -0.119. The number of benzene rings is 1. The third-order valence-corrected chi connectivity index (χ3v) is 5.75. The minimum Gasteiger partial charge on any atom is -0.354 e. The molecular formula is C21H33N3O. The van der Waals surface area contributed by atoms with E-state index in [9.17, 15) is 4.79 Å². The highest BCUT2D eigenvalue weighted by atomic mass is 16.1. The van der Waals surface area contributed by atoms with Gasteiger partial charge in [0.1, 0.15) is 0 Å². The van der Waals surface area contributed by atoms with Gasteiger partial charge in [-0.05, 0) is 50.6 Å². The van der Waals surface area contributed by atoms with E-state index in [2.05, 4.69) is 45.9 Å². The summed E-state index contributed by atoms with van der Waals surface area (Å²) in [6.07, 6.45) is 8.55. The van der Waals surface area contributed by atoms with E-state index >= 15 is 0 Å². The molecule has 0 radical (unpaired) electrons. The van der Waals surface area contributed by atoms with E-state index < -0.39 is 0 Å². The molecule has 4 heteroatoms. The van der Waals surface area contributed by atoms with Gasteiger partial charge in [0.05, 0.1) is 0 Å². The van der Waals surface area contributed by atoms with Gasteiger partial charge in [-0.2, -0.15) is 0 Å². The fourth-order valence-electron chi connectivity index (χ4n) is 4.35. The van der Waals surface area contributed by atoms with Crippen LogP contribution < -0.4 is 10.6 Å². The number of carbonyl (C=O) groups is 1. The Balaban J connectivity index is 1.44. The Labute approximate surface area is 152 Å². The maximum atomic E-state index is 11.2. The van der Waals surface area contributed by atoms with Crippen LogP contribution in [0, 0.1) is 0 Å². The number of rotatable bonds is 6. The molecular weight excluding hydrogens is 310 g/mol. The van der Waals surface area contributed by atoms with E-state index in [4.69, 9.17) is 0 Å². The molecule has 0 aromatic heterocycles. The van der Waals surface area contributed by atoms with Gasteiger partial charge in [-0.3, -0.25) is 9.69 Å². The van der Waals surface area contributed by atoms with Crippen LogP contribution in [0.1, 0.15) is 57.4 Å². The zero-order chi connectivity index (χ0) is 17.5. The van der Waals surface area contributed by atoms with Crippen LogP contribution in [0.3, 0.4) is 0 Å². The highest BCUT2D eigenvalue weighted by Crippen LogP contribution is 2.22. The standard InChI is InChI=1S/C21H33N3O/c1-17(25)23-20-12-10-19(11-13-20)22-15-21-9-5-6-14-24(21)16-18-7-3-2-4-8-18/h2-4,7-8,19-22H,5-6,9-16H2,1H3,(H,23,25)/t19?,20?,21-/m1/s1. The first-order valence-electron chi connectivity index (χ1n) is 9.99. The summed E-state index contributed by atoms with van der Waals surface area (Å²) in [5.41, 5.74) is 1.42. The quantitative estimate of drug-likeness (QED) is 0.834. The second-order valence-electron chi connectivity index (χ2n) is 7.76. The summed E-state index contributed by atoms with van der Waals surface area (Å²) < 4.78 is 0. The van der Waals surface area contributed by atoms with Crippen LogP contribution in [-0.4, -0.2) is 42.0 Å². The van der Waals surface area contributed by atoms with E-state index in [0.29, 0.717) is 18.1 Å². The van der Waals surface area contributed by atoms with Crippen LogP contribution in [-0.2, 0) is 11.3 Å². The van der Waals surface area contributed by atoms with Gasteiger partial charge in [-0.25, -0.2) is 0 Å². The number of hydrogen-bond acceptors (Lipinski definition) is 3. The van der Waals surface area contributed by atoms with Crippen LogP contribution in [0.5, 0.6) is 0 Å². The van der Waals surface area contributed by atoms with Crippen molar-refractivity contribution in [3.8, 4) is 0 Å². The van der Waals surface area contributed by atoms with Gasteiger partial charge in [0.25, 0.3) is 0 Å². The minimum absolute atomic E-state index is 0.107. The lowest BCUT2D eigenvalue weighted by atomic mass is 9.90. The Morgan fingerprint density at radius 1 is 1.04 bits per heavy atom. The van der Waals surface area contributed by atoms with Crippen molar-refractivity contribution in [1.29, 1.82) is 0 Å². The molecule has 2 N–H and O–H groups in total. The molecule has 4 nitrogen and oxygen atoms in total. The van der Waals surface area contributed by atoms with Gasteiger partial charge >= 0.3 is 0 Å². The molecule has 1 aliphatic carbocycles. The summed E-state index contributed by atoms with van der Waals surface area (Å²) in [4.78, 5) is 13.8. The van der Waals surface area contributed by atoms with Crippen molar-refractivity contribution in [2.75, 3.05) is 13.1 Å². The zero-order valence-electron chi connectivity index (χ0n) is 15.5. The van der Waals surface area contributed by atoms with E-state index in [1.54, 1.807) is 6.92 Å². The number of likely N-dealkylation sites (tertiary alicyclic amines) is 1. The zero-order valence-corrected chi connectivity index (χ0v) is 15.5. The molecule has 1 amide bonds. The number of amides is 1. The molecule has 1 heterocycles. The molecule has 1 aromatic rings. The molecule has 2 fully saturated rings. The van der Waals surface area contributed by atoms with Gasteiger partial charge < -0.3 is 10.6 Å². The van der Waals surface area contributed by atoms with Crippen molar-refractivity contribution in [1.82, 2.24) is 15.5 Å². The molecule has 25 heavy (non-hydrogen) atoms. The Kier molecular flexibility index (Phi) is 6.88. The number of hydrogen-bond donors (Lipinski definition) is 2. The molecule has 0 bridgehead atoms. The Morgan fingerprint density at radius 2 is 1.76 bits per heavy atom. The van der Waals surface area contributed by atoms with Crippen molar-refractivity contribution < 1.29 is 4.79 Å². The molecule has 138 valence electrons. The largest absolute Gasteiger partial charge is 0.354 e. The molecule has 1 aliphatic heterocycles. The second kappa shape index (κ2) is 9.35. The fraction of sp³-hybridized carbons (Fsp3) is 0.667. The van der Waals surface area contributed by atoms with Crippen LogP contribution in [0.15, 0.2) is 30.3 Å². The minimum atomic E-state index is 0.107. The average molecular weight is 344 g/mol. The van der Waals surface area contributed by atoms with E-state index in [1.165, 1.54) is 44.2 Å². The van der Waals surface area contributed by atoms with E-state index in [1.807, 2.05) is 0 Å². The summed E-state index contributed by atoms with van der Waals surface area (Å²) in [6, 6.07) is 12.5. The molecule has 0 unspecified atom stereocenters. The number of piperidine rings is 1. The summed E-state index contributed by atoms with van der Waals surface area (Å²) in [7, 11) is 0. The third-order valence-electron chi connectivity index (χ3n) is 5.75. The number of nitrogens with one attached hydrogen (secondary N) is 2. The molecule has 3 rings (SSSR count). The highest BCUT2D eigenvalue weighted by Gasteiger charge is 2.25. The first kappa shape index (κ1) is 18.4. The maximum absolute atomic E-state index is 11.2. The highest BCUT2D eigenvalue weighted by molar-refractivity contribution is 5.73. The normalized spacial score (nSPS) is 27.8. The first-order valence-corrected chi connectivity index (χ1v) is 9.99. The smallest absolute Gasteiger partial charge is 0.217 e. The van der Waals surface area contributed by atoms with Crippen molar-refractivity contribution in [2.24, 2.45) is 0 Å². The van der Waals surface area contributed by atoms with Gasteiger partial charge in [0.2, 0.25) is 5.91 Å². The van der Waals surface area contributed by atoms with E-state index in [-0.39, 0.29) is 5.91 Å². The number of carbonyl (C=O) groups excluding carboxylic acids is 1. The van der Waals surface area contributed by atoms with Crippen molar-refractivity contribution in [2.45, 2.75) is 76.5 Å². The van der Waals surface area contributed by atoms with Gasteiger partial charge in [-0.15, -0.1) is 0 Å². The summed E-state index contributed by atoms with van der Waals surface area (Å²) in [5, 5.41) is 6.89. The molecule has 1 atom stereocenters. The van der Waals surface area contributed by atoms with Gasteiger partial charge in [-0.1, -0.05) is 36.8 Å². The number of nitrogens with zero attached hydrogens (tertiary/aromatic N) is 1. The summed E-state index contributed by atoms with van der Waals surface area (Å²) in [6.45, 7) is 5.01. The topological polar surface area (TPSA) is 44.4 Å². The Hall–Kier alpha value is -1.39. The lowest BCUT2D eigenvalue weighted by Crippen LogP contribution is -2.48. The maximum Gasteiger partial charge on any atom is 0.217 e. The molecule has 1 saturated carbocycles. The lowest BCUT2D eigenvalue weighted by Gasteiger charge is -2.38. The van der Waals surface area contributed by atoms with Crippen molar-refractivity contribution in [3.05, 3.63) is 35.9 Å².